The van der Waals surface area contributed by atoms with Crippen molar-refractivity contribution in [3.63, 3.8) is 0 Å². The first-order valence-corrected chi connectivity index (χ1v) is 6.25. The van der Waals surface area contributed by atoms with Gasteiger partial charge < -0.3 is 11.5 Å². The second kappa shape index (κ2) is 5.11. The molecular formula is C15H17ClN2. The zero-order valence-electron chi connectivity index (χ0n) is 10.3. The third kappa shape index (κ3) is 2.56. The second-order valence-corrected chi connectivity index (χ2v) is 5.11. The minimum Gasteiger partial charge on any atom is -0.322 e. The molecule has 0 heterocycles. The van der Waals surface area contributed by atoms with Crippen molar-refractivity contribution in [1.29, 1.82) is 0 Å². The number of hydrogen-bond donors (Lipinski definition) is 2. The highest BCUT2D eigenvalue weighted by atomic mass is 35.5. The molecule has 3 heteroatoms. The van der Waals surface area contributed by atoms with Crippen LogP contribution >= 0.6 is 11.6 Å². The van der Waals surface area contributed by atoms with Gasteiger partial charge in [0.25, 0.3) is 0 Å². The maximum atomic E-state index is 6.40. The molecule has 2 aromatic carbocycles. The number of benzene rings is 2. The summed E-state index contributed by atoms with van der Waals surface area (Å²) in [6.45, 7) is 1.94. The van der Waals surface area contributed by atoms with Crippen molar-refractivity contribution in [3.05, 3.63) is 70.7 Å². The Balaban J connectivity index is 2.33. The number of nitrogens with two attached hydrogens (primary N) is 2. The molecule has 2 aromatic rings. The molecular weight excluding hydrogens is 244 g/mol. The zero-order valence-corrected chi connectivity index (χ0v) is 11.1. The van der Waals surface area contributed by atoms with E-state index < -0.39 is 5.54 Å². The first kappa shape index (κ1) is 13.1. The van der Waals surface area contributed by atoms with E-state index >= 15 is 0 Å². The predicted molar refractivity (Wildman–Crippen MR) is 76.4 cm³/mol. The Morgan fingerprint density at radius 2 is 1.56 bits per heavy atom. The van der Waals surface area contributed by atoms with Crippen LogP contribution in [-0.2, 0) is 5.54 Å². The van der Waals surface area contributed by atoms with Gasteiger partial charge in [0.15, 0.2) is 0 Å². The highest BCUT2D eigenvalue weighted by Gasteiger charge is 2.30. The molecule has 2 rings (SSSR count). The largest absolute Gasteiger partial charge is 0.322 e. The summed E-state index contributed by atoms with van der Waals surface area (Å²) in [7, 11) is 0. The van der Waals surface area contributed by atoms with Crippen LogP contribution in [0.3, 0.4) is 0 Å². The van der Waals surface area contributed by atoms with Crippen LogP contribution in [0, 0.1) is 0 Å². The quantitative estimate of drug-likeness (QED) is 0.890. The Morgan fingerprint density at radius 1 is 1.00 bits per heavy atom. The highest BCUT2D eigenvalue weighted by Crippen LogP contribution is 2.31. The third-order valence-electron chi connectivity index (χ3n) is 3.27. The summed E-state index contributed by atoms with van der Waals surface area (Å²) in [4.78, 5) is 0. The van der Waals surface area contributed by atoms with Crippen molar-refractivity contribution in [2.24, 2.45) is 11.5 Å². The molecule has 0 aromatic heterocycles. The summed E-state index contributed by atoms with van der Waals surface area (Å²) in [5.41, 5.74) is 14.0. The minimum atomic E-state index is -0.633. The molecule has 0 spiro atoms. The van der Waals surface area contributed by atoms with Gasteiger partial charge in [-0.05, 0) is 30.2 Å². The average Bonchev–Trinajstić information content (AvgIpc) is 2.39. The molecule has 4 N–H and O–H groups in total. The van der Waals surface area contributed by atoms with Gasteiger partial charge >= 0.3 is 0 Å². The molecule has 0 fully saturated rings. The number of halogens is 1. The molecule has 0 radical (unpaired) electrons. The van der Waals surface area contributed by atoms with E-state index in [1.807, 2.05) is 61.5 Å². The first-order chi connectivity index (χ1) is 8.51. The van der Waals surface area contributed by atoms with E-state index in [9.17, 15) is 0 Å². The normalized spacial score (nSPS) is 16.0. The maximum Gasteiger partial charge on any atom is 0.0576 e. The fraction of sp³-hybridized carbons (Fsp3) is 0.200. The van der Waals surface area contributed by atoms with Gasteiger partial charge in [-0.15, -0.1) is 0 Å². The van der Waals surface area contributed by atoms with Gasteiger partial charge in [0, 0.05) is 5.02 Å². The van der Waals surface area contributed by atoms with Crippen LogP contribution < -0.4 is 11.5 Å². The van der Waals surface area contributed by atoms with Gasteiger partial charge in [0.05, 0.1) is 11.6 Å². The van der Waals surface area contributed by atoms with Crippen molar-refractivity contribution in [1.82, 2.24) is 0 Å². The standard InChI is InChI=1S/C15H17ClN2/c1-15(18,12-7-9-13(16)10-8-12)14(17)11-5-3-2-4-6-11/h2-10,14H,17-18H2,1H3. The fourth-order valence-corrected chi connectivity index (χ4v) is 2.12. The topological polar surface area (TPSA) is 52.0 Å². The van der Waals surface area contributed by atoms with E-state index in [0.29, 0.717) is 5.02 Å². The molecule has 94 valence electrons. The SMILES string of the molecule is CC(N)(c1ccc(Cl)cc1)C(N)c1ccccc1. The van der Waals surface area contributed by atoms with Crippen molar-refractivity contribution in [3.8, 4) is 0 Å². The van der Waals surface area contributed by atoms with E-state index in [1.165, 1.54) is 0 Å². The smallest absolute Gasteiger partial charge is 0.0576 e. The van der Waals surface area contributed by atoms with E-state index in [0.717, 1.165) is 11.1 Å². The molecule has 0 amide bonds. The van der Waals surface area contributed by atoms with Gasteiger partial charge in [-0.2, -0.15) is 0 Å². The van der Waals surface area contributed by atoms with Crippen LogP contribution in [0.15, 0.2) is 54.6 Å². The van der Waals surface area contributed by atoms with Crippen LogP contribution in [0.5, 0.6) is 0 Å². The highest BCUT2D eigenvalue weighted by molar-refractivity contribution is 6.30. The molecule has 18 heavy (non-hydrogen) atoms. The summed E-state index contributed by atoms with van der Waals surface area (Å²) in [5, 5.41) is 0.697. The maximum absolute atomic E-state index is 6.40. The zero-order chi connectivity index (χ0) is 13.2. The summed E-state index contributed by atoms with van der Waals surface area (Å²) in [6, 6.07) is 17.1. The Hall–Kier alpha value is -1.35. The summed E-state index contributed by atoms with van der Waals surface area (Å²) >= 11 is 5.89. The third-order valence-corrected chi connectivity index (χ3v) is 3.52. The molecule has 0 saturated heterocycles. The van der Waals surface area contributed by atoms with Crippen LogP contribution in [0.1, 0.15) is 24.1 Å². The molecule has 2 atom stereocenters. The average molecular weight is 261 g/mol. The number of hydrogen-bond acceptors (Lipinski definition) is 2. The van der Waals surface area contributed by atoms with Crippen molar-refractivity contribution in [2.75, 3.05) is 0 Å². The summed E-state index contributed by atoms with van der Waals surface area (Å²) < 4.78 is 0. The van der Waals surface area contributed by atoms with Crippen LogP contribution in [-0.4, -0.2) is 0 Å². The van der Waals surface area contributed by atoms with E-state index in [1.54, 1.807) is 0 Å². The lowest BCUT2D eigenvalue weighted by molar-refractivity contribution is 0.397. The molecule has 0 aliphatic carbocycles. The monoisotopic (exact) mass is 260 g/mol. The fourth-order valence-electron chi connectivity index (χ4n) is 2.00. The van der Waals surface area contributed by atoms with Gasteiger partial charge in [-0.3, -0.25) is 0 Å². The summed E-state index contributed by atoms with van der Waals surface area (Å²) in [5.74, 6) is 0. The van der Waals surface area contributed by atoms with Crippen molar-refractivity contribution >= 4 is 11.6 Å². The molecule has 0 bridgehead atoms. The Labute approximate surface area is 113 Å². The van der Waals surface area contributed by atoms with Crippen molar-refractivity contribution < 1.29 is 0 Å². The van der Waals surface area contributed by atoms with Crippen LogP contribution in [0.2, 0.25) is 5.02 Å². The van der Waals surface area contributed by atoms with Gasteiger partial charge in [0.1, 0.15) is 0 Å². The van der Waals surface area contributed by atoms with E-state index in [-0.39, 0.29) is 6.04 Å². The van der Waals surface area contributed by atoms with E-state index in [2.05, 4.69) is 0 Å². The molecule has 0 aliphatic heterocycles. The lowest BCUT2D eigenvalue weighted by atomic mass is 9.82. The van der Waals surface area contributed by atoms with Crippen LogP contribution in [0.25, 0.3) is 0 Å². The summed E-state index contributed by atoms with van der Waals surface area (Å²) in [6.07, 6.45) is 0. The lowest BCUT2D eigenvalue weighted by Crippen LogP contribution is -2.44. The molecule has 2 unspecified atom stereocenters. The van der Waals surface area contributed by atoms with Gasteiger partial charge in [-0.1, -0.05) is 54.1 Å². The number of rotatable bonds is 3. The molecule has 0 aliphatic rings. The van der Waals surface area contributed by atoms with Gasteiger partial charge in [-0.25, -0.2) is 0 Å². The Morgan fingerprint density at radius 3 is 2.11 bits per heavy atom. The molecule has 0 saturated carbocycles. The first-order valence-electron chi connectivity index (χ1n) is 5.87. The van der Waals surface area contributed by atoms with Crippen molar-refractivity contribution in [2.45, 2.75) is 18.5 Å². The Kier molecular flexibility index (Phi) is 3.71. The predicted octanol–water partition coefficient (Wildman–Crippen LogP) is 3.21. The van der Waals surface area contributed by atoms with E-state index in [4.69, 9.17) is 23.1 Å². The molecule has 2 nitrogen and oxygen atoms in total. The Bertz CT molecular complexity index is 506. The minimum absolute atomic E-state index is 0.264. The van der Waals surface area contributed by atoms with Gasteiger partial charge in [0.2, 0.25) is 0 Å². The lowest BCUT2D eigenvalue weighted by Gasteiger charge is -2.32. The van der Waals surface area contributed by atoms with Crippen LogP contribution in [0.4, 0.5) is 0 Å². The second-order valence-electron chi connectivity index (χ2n) is 4.68.